The minimum Gasteiger partial charge on any atom is -0.396 e. The summed E-state index contributed by atoms with van der Waals surface area (Å²) < 4.78 is 6.63. The van der Waals surface area contributed by atoms with Crippen LogP contribution < -0.4 is 10.6 Å². The van der Waals surface area contributed by atoms with Gasteiger partial charge in [-0.25, -0.2) is 4.98 Å². The van der Waals surface area contributed by atoms with Crippen molar-refractivity contribution in [2.45, 2.75) is 23.6 Å². The van der Waals surface area contributed by atoms with Crippen molar-refractivity contribution in [2.24, 2.45) is 10.4 Å². The molecular weight excluding hydrogens is 459 g/mol. The summed E-state index contributed by atoms with van der Waals surface area (Å²) in [5.41, 5.74) is 0.0348. The van der Waals surface area contributed by atoms with Crippen LogP contribution in [0.2, 0.25) is 0 Å². The molecule has 24 heavy (non-hydrogen) atoms. The highest BCUT2D eigenvalue weighted by atomic mass is 127. The Kier molecular flexibility index (Phi) is 11.2. The van der Waals surface area contributed by atoms with Crippen LogP contribution >= 0.6 is 47.1 Å². The van der Waals surface area contributed by atoms with Gasteiger partial charge < -0.3 is 20.5 Å². The van der Waals surface area contributed by atoms with Crippen molar-refractivity contribution in [3.05, 3.63) is 11.6 Å². The fourth-order valence-corrected chi connectivity index (χ4v) is 4.17. The van der Waals surface area contributed by atoms with Crippen molar-refractivity contribution < 1.29 is 9.84 Å². The maximum atomic E-state index is 9.26. The van der Waals surface area contributed by atoms with Gasteiger partial charge in [-0.05, 0) is 19.3 Å². The third-order valence-electron chi connectivity index (χ3n) is 3.93. The molecule has 1 aliphatic heterocycles. The van der Waals surface area contributed by atoms with Gasteiger partial charge in [-0.15, -0.1) is 35.3 Å². The van der Waals surface area contributed by atoms with Gasteiger partial charge in [-0.1, -0.05) is 11.8 Å². The zero-order chi connectivity index (χ0) is 16.4. The van der Waals surface area contributed by atoms with Gasteiger partial charge in [0.15, 0.2) is 5.96 Å². The van der Waals surface area contributed by atoms with Crippen molar-refractivity contribution in [1.29, 1.82) is 0 Å². The second-order valence-electron chi connectivity index (χ2n) is 5.63. The van der Waals surface area contributed by atoms with E-state index in [4.69, 9.17) is 4.74 Å². The number of guanidine groups is 1. The molecule has 0 aliphatic carbocycles. The molecule has 1 saturated heterocycles. The van der Waals surface area contributed by atoms with Crippen molar-refractivity contribution in [2.75, 3.05) is 45.7 Å². The molecule has 0 amide bonds. The number of nitrogens with zero attached hydrogens (tertiary/aromatic N) is 2. The molecule has 0 saturated carbocycles. The number of rotatable bonds is 9. The first kappa shape index (κ1) is 21.9. The van der Waals surface area contributed by atoms with Crippen molar-refractivity contribution in [1.82, 2.24) is 15.6 Å². The third-order valence-corrected chi connectivity index (χ3v) is 5.98. The zero-order valence-electron chi connectivity index (χ0n) is 14.0. The fraction of sp³-hybridized carbons (Fsp3) is 0.733. The molecule has 0 radical (unpaired) electrons. The second-order valence-corrected chi connectivity index (χ2v) is 7.87. The van der Waals surface area contributed by atoms with Gasteiger partial charge in [-0.3, -0.25) is 4.99 Å². The number of thiazole rings is 1. The Morgan fingerprint density at radius 2 is 2.42 bits per heavy atom. The van der Waals surface area contributed by atoms with E-state index in [9.17, 15) is 5.11 Å². The Hall–Kier alpha value is -0.100. The van der Waals surface area contributed by atoms with Gasteiger partial charge in [-0.2, -0.15) is 0 Å². The number of ether oxygens (including phenoxy) is 1. The number of hydrogen-bond donors (Lipinski definition) is 3. The van der Waals surface area contributed by atoms with Gasteiger partial charge in [0.2, 0.25) is 0 Å². The minimum atomic E-state index is 0. The quantitative estimate of drug-likeness (QED) is 0.163. The molecule has 6 nitrogen and oxygen atoms in total. The number of aliphatic hydroxyl groups is 1. The second kappa shape index (κ2) is 12.3. The van der Waals surface area contributed by atoms with Crippen LogP contribution in [0.1, 0.15) is 19.3 Å². The molecule has 138 valence electrons. The summed E-state index contributed by atoms with van der Waals surface area (Å²) in [6.45, 7) is 3.34. The molecule has 1 unspecified atom stereocenters. The summed E-state index contributed by atoms with van der Waals surface area (Å²) in [5.74, 6) is 1.85. The highest BCUT2D eigenvalue weighted by Gasteiger charge is 2.34. The van der Waals surface area contributed by atoms with Crippen LogP contribution in [-0.2, 0) is 4.74 Å². The maximum absolute atomic E-state index is 9.26. The van der Waals surface area contributed by atoms with Crippen molar-refractivity contribution in [3.8, 4) is 0 Å². The lowest BCUT2D eigenvalue weighted by molar-refractivity contribution is 0.127. The molecule has 3 N–H and O–H groups in total. The monoisotopic (exact) mass is 486 g/mol. The third kappa shape index (κ3) is 7.42. The standard InChI is InChI=1S/C15H26N4O2S2.HI/c1-16-13(17-5-2-9-22-14-18-6-10-23-14)19-11-15(3-7-20)4-8-21-12-15;/h6,10,20H,2-5,7-9,11-12H2,1H3,(H2,16,17,19);1H. The van der Waals surface area contributed by atoms with Crippen LogP contribution in [0.3, 0.4) is 0 Å². The van der Waals surface area contributed by atoms with Gasteiger partial charge in [0, 0.05) is 56.1 Å². The maximum Gasteiger partial charge on any atom is 0.190 e. The molecule has 1 aromatic rings. The van der Waals surface area contributed by atoms with Crippen LogP contribution in [0.4, 0.5) is 0 Å². The van der Waals surface area contributed by atoms with E-state index in [-0.39, 0.29) is 36.0 Å². The van der Waals surface area contributed by atoms with Crippen molar-refractivity contribution in [3.63, 3.8) is 0 Å². The van der Waals surface area contributed by atoms with Crippen LogP contribution in [0.15, 0.2) is 20.9 Å². The van der Waals surface area contributed by atoms with E-state index in [0.717, 1.165) is 55.0 Å². The lowest BCUT2D eigenvalue weighted by Crippen LogP contribution is -2.44. The average Bonchev–Trinajstić information content (AvgIpc) is 3.23. The topological polar surface area (TPSA) is 78.8 Å². The van der Waals surface area contributed by atoms with E-state index >= 15 is 0 Å². The molecule has 9 heteroatoms. The summed E-state index contributed by atoms with van der Waals surface area (Å²) >= 11 is 3.47. The van der Waals surface area contributed by atoms with E-state index in [0.29, 0.717) is 6.61 Å². The SMILES string of the molecule is CN=C(NCCCSc1nccs1)NCC1(CCO)CCOC1.I. The molecule has 2 rings (SSSR count). The smallest absolute Gasteiger partial charge is 0.190 e. The summed E-state index contributed by atoms with van der Waals surface area (Å²) in [4.78, 5) is 8.52. The Balaban J connectivity index is 0.00000288. The molecule has 2 heterocycles. The van der Waals surface area contributed by atoms with Crippen molar-refractivity contribution >= 4 is 53.0 Å². The first-order valence-corrected chi connectivity index (χ1v) is 9.80. The van der Waals surface area contributed by atoms with Crippen LogP contribution in [0.25, 0.3) is 0 Å². The normalized spacial score (nSPS) is 20.7. The first-order valence-electron chi connectivity index (χ1n) is 7.93. The number of hydrogen-bond acceptors (Lipinski definition) is 6. The zero-order valence-corrected chi connectivity index (χ0v) is 18.0. The van der Waals surface area contributed by atoms with E-state index < -0.39 is 0 Å². The van der Waals surface area contributed by atoms with Gasteiger partial charge >= 0.3 is 0 Å². The highest BCUT2D eigenvalue weighted by molar-refractivity contribution is 14.0. The minimum absolute atomic E-state index is 0. The number of aliphatic hydroxyl groups excluding tert-OH is 1. The van der Waals surface area contributed by atoms with Gasteiger partial charge in [0.25, 0.3) is 0 Å². The lowest BCUT2D eigenvalue weighted by atomic mass is 9.84. The van der Waals surface area contributed by atoms with E-state index in [2.05, 4.69) is 20.6 Å². The predicted molar refractivity (Wildman–Crippen MR) is 112 cm³/mol. The first-order chi connectivity index (χ1) is 11.3. The van der Waals surface area contributed by atoms with E-state index in [1.165, 1.54) is 0 Å². The number of thioether (sulfide) groups is 1. The molecule has 1 fully saturated rings. The molecule has 0 aromatic carbocycles. The number of nitrogens with one attached hydrogen (secondary N) is 2. The van der Waals surface area contributed by atoms with E-state index in [1.54, 1.807) is 30.1 Å². The summed E-state index contributed by atoms with van der Waals surface area (Å²) in [7, 11) is 1.78. The molecule has 0 spiro atoms. The number of aliphatic imine (C=N–C) groups is 1. The molecule has 1 aromatic heterocycles. The van der Waals surface area contributed by atoms with Gasteiger partial charge in [0.1, 0.15) is 4.34 Å². The Bertz CT molecular complexity index is 468. The average molecular weight is 486 g/mol. The molecule has 1 atom stereocenters. The van der Waals surface area contributed by atoms with Crippen LogP contribution in [0, 0.1) is 5.41 Å². The Labute approximate surface area is 169 Å². The van der Waals surface area contributed by atoms with Gasteiger partial charge in [0.05, 0.1) is 6.61 Å². The predicted octanol–water partition coefficient (Wildman–Crippen LogP) is 2.20. The lowest BCUT2D eigenvalue weighted by Gasteiger charge is -2.27. The summed E-state index contributed by atoms with van der Waals surface area (Å²) in [6.07, 6.45) is 4.64. The molecular formula is C15H27IN4O2S2. The largest absolute Gasteiger partial charge is 0.396 e. The number of halogens is 1. The fourth-order valence-electron chi connectivity index (χ4n) is 2.52. The van der Waals surface area contributed by atoms with E-state index in [1.807, 2.05) is 11.6 Å². The molecule has 0 bridgehead atoms. The van der Waals surface area contributed by atoms with Crippen LogP contribution in [-0.4, -0.2) is 61.8 Å². The Morgan fingerprint density at radius 1 is 1.54 bits per heavy atom. The number of aromatic nitrogens is 1. The highest BCUT2D eigenvalue weighted by Crippen LogP contribution is 2.31. The summed E-state index contributed by atoms with van der Waals surface area (Å²) in [5, 5.41) is 18.0. The molecule has 1 aliphatic rings. The van der Waals surface area contributed by atoms with Crippen LogP contribution in [0.5, 0.6) is 0 Å². The Morgan fingerprint density at radius 3 is 3.04 bits per heavy atom. The summed E-state index contributed by atoms with van der Waals surface area (Å²) in [6, 6.07) is 0.